The van der Waals surface area contributed by atoms with E-state index >= 15 is 0 Å². The van der Waals surface area contributed by atoms with Gasteiger partial charge in [0.1, 0.15) is 6.61 Å². The van der Waals surface area contributed by atoms with Crippen LogP contribution in [0.4, 0.5) is 5.13 Å². The van der Waals surface area contributed by atoms with Crippen molar-refractivity contribution in [2.75, 3.05) is 11.9 Å². The Bertz CT molecular complexity index is 688. The number of esters is 1. The fraction of sp³-hybridized carbons (Fsp3) is 0.133. The van der Waals surface area contributed by atoms with Crippen LogP contribution in [0.5, 0.6) is 0 Å². The predicted octanol–water partition coefficient (Wildman–Crippen LogP) is 2.97. The van der Waals surface area contributed by atoms with Gasteiger partial charge in [-0.3, -0.25) is 0 Å². The van der Waals surface area contributed by atoms with Gasteiger partial charge in [0.2, 0.25) is 0 Å². The number of carbonyl (C=O) groups excluding carboxylic acids is 1. The van der Waals surface area contributed by atoms with E-state index in [0.29, 0.717) is 17.2 Å². The second kappa shape index (κ2) is 7.22. The Morgan fingerprint density at radius 2 is 2.43 bits per heavy atom. The number of carbonyl (C=O) groups is 1. The average Bonchev–Trinajstić information content (AvgIpc) is 2.99. The molecule has 0 fully saturated rings. The highest BCUT2D eigenvalue weighted by Crippen LogP contribution is 2.16. The lowest BCUT2D eigenvalue weighted by Gasteiger charge is -2.03. The van der Waals surface area contributed by atoms with Gasteiger partial charge in [-0.1, -0.05) is 18.2 Å². The van der Waals surface area contributed by atoms with E-state index in [2.05, 4.69) is 16.9 Å². The fourth-order valence-electron chi connectivity index (χ4n) is 1.56. The van der Waals surface area contributed by atoms with E-state index in [9.17, 15) is 4.79 Å². The Kier molecular flexibility index (Phi) is 5.07. The molecule has 0 amide bonds. The Labute approximate surface area is 126 Å². The van der Waals surface area contributed by atoms with Crippen LogP contribution in [-0.4, -0.2) is 17.5 Å². The third-order valence-electron chi connectivity index (χ3n) is 2.54. The van der Waals surface area contributed by atoms with Gasteiger partial charge in [0.15, 0.2) is 10.8 Å². The number of nitriles is 1. The number of nitrogens with one attached hydrogen (secondary N) is 1. The van der Waals surface area contributed by atoms with Crippen LogP contribution in [-0.2, 0) is 11.3 Å². The molecule has 0 aliphatic rings. The molecule has 0 saturated carbocycles. The van der Waals surface area contributed by atoms with Crippen molar-refractivity contribution in [1.82, 2.24) is 4.98 Å². The summed E-state index contributed by atoms with van der Waals surface area (Å²) < 4.78 is 5.18. The number of hydrogen-bond acceptors (Lipinski definition) is 6. The molecule has 1 N–H and O–H groups in total. The molecule has 0 aliphatic heterocycles. The zero-order valence-corrected chi connectivity index (χ0v) is 12.0. The molecule has 6 heteroatoms. The van der Waals surface area contributed by atoms with Gasteiger partial charge in [-0.2, -0.15) is 5.26 Å². The molecule has 0 aliphatic carbocycles. The third-order valence-corrected chi connectivity index (χ3v) is 3.34. The summed E-state index contributed by atoms with van der Waals surface area (Å²) in [5.41, 5.74) is 1.57. The predicted molar refractivity (Wildman–Crippen MR) is 81.1 cm³/mol. The molecule has 0 radical (unpaired) electrons. The number of rotatable bonds is 6. The second-order valence-electron chi connectivity index (χ2n) is 4.10. The molecular formula is C15H13N3O2S. The van der Waals surface area contributed by atoms with E-state index in [4.69, 9.17) is 10.00 Å². The first-order valence-corrected chi connectivity index (χ1v) is 7.07. The van der Waals surface area contributed by atoms with Gasteiger partial charge in [0.25, 0.3) is 0 Å². The van der Waals surface area contributed by atoms with Gasteiger partial charge in [-0.25, -0.2) is 9.78 Å². The molecule has 0 atom stereocenters. The molecule has 21 heavy (non-hydrogen) atoms. The number of benzene rings is 1. The van der Waals surface area contributed by atoms with Crippen LogP contribution in [0.3, 0.4) is 0 Å². The van der Waals surface area contributed by atoms with Crippen molar-refractivity contribution in [2.45, 2.75) is 6.61 Å². The van der Waals surface area contributed by atoms with Crippen molar-refractivity contribution in [1.29, 1.82) is 5.26 Å². The first-order valence-electron chi connectivity index (χ1n) is 6.19. The summed E-state index contributed by atoms with van der Waals surface area (Å²) in [6.45, 7) is 4.29. The molecule has 1 aromatic carbocycles. The highest BCUT2D eigenvalue weighted by molar-refractivity contribution is 7.13. The van der Waals surface area contributed by atoms with Crippen molar-refractivity contribution >= 4 is 22.4 Å². The molecule has 0 spiro atoms. The van der Waals surface area contributed by atoms with Gasteiger partial charge < -0.3 is 10.1 Å². The van der Waals surface area contributed by atoms with Crippen molar-refractivity contribution in [3.8, 4) is 6.07 Å². The monoisotopic (exact) mass is 299 g/mol. The van der Waals surface area contributed by atoms with E-state index in [1.54, 1.807) is 35.7 Å². The molecule has 1 aromatic heterocycles. The minimum Gasteiger partial charge on any atom is -0.456 e. The van der Waals surface area contributed by atoms with E-state index < -0.39 is 5.97 Å². The SMILES string of the molecule is C=CCNc1nc(C(=O)OCc2cccc(C#N)c2)cs1. The number of thiazole rings is 1. The lowest BCUT2D eigenvalue weighted by molar-refractivity contribution is 0.0467. The van der Waals surface area contributed by atoms with Gasteiger partial charge in [0, 0.05) is 11.9 Å². The molecule has 2 aromatic rings. The zero-order chi connectivity index (χ0) is 15.1. The van der Waals surface area contributed by atoms with E-state index in [-0.39, 0.29) is 12.3 Å². The van der Waals surface area contributed by atoms with Crippen LogP contribution in [0, 0.1) is 11.3 Å². The standard InChI is InChI=1S/C15H13N3O2S/c1-2-6-17-15-18-13(10-21-15)14(19)20-9-12-5-3-4-11(7-12)8-16/h2-5,7,10H,1,6,9H2,(H,17,18). The van der Waals surface area contributed by atoms with Crippen LogP contribution in [0.25, 0.3) is 0 Å². The van der Waals surface area contributed by atoms with Gasteiger partial charge in [-0.05, 0) is 17.7 Å². The zero-order valence-electron chi connectivity index (χ0n) is 11.2. The normalized spacial score (nSPS) is 9.67. The largest absolute Gasteiger partial charge is 0.456 e. The van der Waals surface area contributed by atoms with Gasteiger partial charge >= 0.3 is 5.97 Å². The van der Waals surface area contributed by atoms with Crippen LogP contribution in [0.15, 0.2) is 42.3 Å². The van der Waals surface area contributed by atoms with Crippen molar-refractivity contribution in [2.24, 2.45) is 0 Å². The number of anilines is 1. The van der Waals surface area contributed by atoms with Crippen molar-refractivity contribution in [3.63, 3.8) is 0 Å². The van der Waals surface area contributed by atoms with Gasteiger partial charge in [-0.15, -0.1) is 17.9 Å². The van der Waals surface area contributed by atoms with E-state index in [0.717, 1.165) is 5.56 Å². The highest BCUT2D eigenvalue weighted by Gasteiger charge is 2.12. The molecule has 1 heterocycles. The Hall–Kier alpha value is -2.65. The number of hydrogen-bond donors (Lipinski definition) is 1. The fourth-order valence-corrected chi connectivity index (χ4v) is 2.25. The smallest absolute Gasteiger partial charge is 0.358 e. The van der Waals surface area contributed by atoms with Crippen LogP contribution in [0.2, 0.25) is 0 Å². The van der Waals surface area contributed by atoms with Crippen molar-refractivity contribution < 1.29 is 9.53 Å². The number of aromatic nitrogens is 1. The average molecular weight is 299 g/mol. The maximum Gasteiger partial charge on any atom is 0.358 e. The Morgan fingerprint density at radius 3 is 3.19 bits per heavy atom. The highest BCUT2D eigenvalue weighted by atomic mass is 32.1. The summed E-state index contributed by atoms with van der Waals surface area (Å²) in [6.07, 6.45) is 1.71. The summed E-state index contributed by atoms with van der Waals surface area (Å²) in [6, 6.07) is 8.98. The third kappa shape index (κ3) is 4.16. The molecule has 2 rings (SSSR count). The maximum absolute atomic E-state index is 11.9. The van der Waals surface area contributed by atoms with Crippen LogP contribution in [0.1, 0.15) is 21.6 Å². The van der Waals surface area contributed by atoms with Crippen molar-refractivity contribution in [3.05, 3.63) is 59.1 Å². The summed E-state index contributed by atoms with van der Waals surface area (Å²) in [5, 5.41) is 14.1. The second-order valence-corrected chi connectivity index (χ2v) is 4.95. The number of ether oxygens (including phenoxy) is 1. The van der Waals surface area contributed by atoms with Crippen LogP contribution >= 0.6 is 11.3 Å². The van der Waals surface area contributed by atoms with Gasteiger partial charge in [0.05, 0.1) is 11.6 Å². The first kappa shape index (κ1) is 14.8. The quantitative estimate of drug-likeness (QED) is 0.655. The minimum absolute atomic E-state index is 0.112. The Balaban J connectivity index is 1.93. The minimum atomic E-state index is -0.486. The molecular weight excluding hydrogens is 286 g/mol. The maximum atomic E-state index is 11.9. The molecule has 106 valence electrons. The summed E-state index contributed by atoms with van der Waals surface area (Å²) in [4.78, 5) is 16.0. The summed E-state index contributed by atoms with van der Waals surface area (Å²) >= 11 is 1.33. The lowest BCUT2D eigenvalue weighted by Crippen LogP contribution is -2.06. The summed E-state index contributed by atoms with van der Waals surface area (Å²) in [7, 11) is 0. The molecule has 5 nitrogen and oxygen atoms in total. The topological polar surface area (TPSA) is 75.0 Å². The summed E-state index contributed by atoms with van der Waals surface area (Å²) in [5.74, 6) is -0.486. The van der Waals surface area contributed by atoms with Crippen LogP contribution < -0.4 is 5.32 Å². The molecule has 0 unspecified atom stereocenters. The van der Waals surface area contributed by atoms with E-state index in [1.807, 2.05) is 6.07 Å². The number of nitrogens with zero attached hydrogens (tertiary/aromatic N) is 2. The Morgan fingerprint density at radius 1 is 1.57 bits per heavy atom. The first-order chi connectivity index (χ1) is 10.2. The van der Waals surface area contributed by atoms with E-state index in [1.165, 1.54) is 11.3 Å². The molecule has 0 bridgehead atoms. The lowest BCUT2D eigenvalue weighted by atomic mass is 10.1. The molecule has 0 saturated heterocycles.